The number of nitrogens with one attached hydrogen (secondary N) is 1. The van der Waals surface area contributed by atoms with Crippen molar-refractivity contribution in [1.82, 2.24) is 15.1 Å². The Balaban J connectivity index is 2.15. The van der Waals surface area contributed by atoms with Crippen LogP contribution in [0.3, 0.4) is 0 Å². The van der Waals surface area contributed by atoms with E-state index in [9.17, 15) is 4.79 Å². The number of benzene rings is 1. The van der Waals surface area contributed by atoms with Crippen LogP contribution in [0.4, 0.5) is 0 Å². The zero-order valence-corrected chi connectivity index (χ0v) is 11.3. The first-order valence-corrected chi connectivity index (χ1v) is 6.36. The number of amides is 1. The maximum atomic E-state index is 12.1. The standard InChI is InChI=1S/C14H21N3O/c1-11-14(18)17(10-9-16(2)3)13(15-11)12-7-5-4-6-8-12/h4-8,11,13,15H,9-10H2,1-3H3. The number of hydrogen-bond acceptors (Lipinski definition) is 3. The molecule has 2 atom stereocenters. The topological polar surface area (TPSA) is 35.6 Å². The van der Waals surface area contributed by atoms with Gasteiger partial charge in [0.15, 0.2) is 0 Å². The first kappa shape index (κ1) is 13.1. The molecule has 2 unspecified atom stereocenters. The Morgan fingerprint density at radius 2 is 1.94 bits per heavy atom. The van der Waals surface area contributed by atoms with Gasteiger partial charge < -0.3 is 9.80 Å². The Labute approximate surface area is 109 Å². The second-order valence-corrected chi connectivity index (χ2v) is 5.04. The van der Waals surface area contributed by atoms with Gasteiger partial charge in [0.2, 0.25) is 5.91 Å². The second kappa shape index (κ2) is 5.50. The van der Waals surface area contributed by atoms with E-state index in [4.69, 9.17) is 0 Å². The minimum atomic E-state index is -0.0997. The van der Waals surface area contributed by atoms with Crippen LogP contribution in [0.15, 0.2) is 30.3 Å². The molecular weight excluding hydrogens is 226 g/mol. The lowest BCUT2D eigenvalue weighted by atomic mass is 10.1. The molecule has 1 fully saturated rings. The van der Waals surface area contributed by atoms with Crippen LogP contribution in [-0.4, -0.2) is 48.9 Å². The number of likely N-dealkylation sites (N-methyl/N-ethyl adjacent to an activating group) is 1. The van der Waals surface area contributed by atoms with E-state index in [1.54, 1.807) is 0 Å². The van der Waals surface area contributed by atoms with Gasteiger partial charge in [-0.3, -0.25) is 10.1 Å². The molecular formula is C14H21N3O. The number of rotatable bonds is 4. The normalized spacial score (nSPS) is 24.0. The van der Waals surface area contributed by atoms with Crippen LogP contribution in [0.1, 0.15) is 18.7 Å². The van der Waals surface area contributed by atoms with Crippen LogP contribution < -0.4 is 5.32 Å². The summed E-state index contributed by atoms with van der Waals surface area (Å²) in [5, 5.41) is 3.35. The highest BCUT2D eigenvalue weighted by Gasteiger charge is 2.36. The summed E-state index contributed by atoms with van der Waals surface area (Å²) in [5.41, 5.74) is 1.15. The molecule has 1 aromatic rings. The predicted molar refractivity (Wildman–Crippen MR) is 72.0 cm³/mol. The number of nitrogens with zero attached hydrogens (tertiary/aromatic N) is 2. The van der Waals surface area contributed by atoms with Crippen molar-refractivity contribution < 1.29 is 4.79 Å². The maximum Gasteiger partial charge on any atom is 0.241 e. The summed E-state index contributed by atoms with van der Waals surface area (Å²) >= 11 is 0. The quantitative estimate of drug-likeness (QED) is 0.864. The van der Waals surface area contributed by atoms with Gasteiger partial charge in [0.1, 0.15) is 6.17 Å². The SMILES string of the molecule is CC1NC(c2ccccc2)N(CCN(C)C)C1=O. The van der Waals surface area contributed by atoms with Crippen LogP contribution in [0.5, 0.6) is 0 Å². The molecule has 0 aliphatic carbocycles. The van der Waals surface area contributed by atoms with E-state index in [-0.39, 0.29) is 18.1 Å². The fourth-order valence-electron chi connectivity index (χ4n) is 2.23. The highest BCUT2D eigenvalue weighted by Crippen LogP contribution is 2.24. The molecule has 1 aliphatic heterocycles. The fourth-order valence-corrected chi connectivity index (χ4v) is 2.23. The molecule has 1 amide bonds. The third kappa shape index (κ3) is 2.71. The summed E-state index contributed by atoms with van der Waals surface area (Å²) < 4.78 is 0. The Bertz CT molecular complexity index is 405. The maximum absolute atomic E-state index is 12.1. The molecule has 1 heterocycles. The van der Waals surface area contributed by atoms with Gasteiger partial charge in [-0.25, -0.2) is 0 Å². The molecule has 0 aromatic heterocycles. The molecule has 0 bridgehead atoms. The smallest absolute Gasteiger partial charge is 0.241 e. The van der Waals surface area contributed by atoms with E-state index in [0.717, 1.165) is 18.7 Å². The Morgan fingerprint density at radius 3 is 2.56 bits per heavy atom. The van der Waals surface area contributed by atoms with Gasteiger partial charge in [-0.1, -0.05) is 30.3 Å². The molecule has 18 heavy (non-hydrogen) atoms. The number of carbonyl (C=O) groups is 1. The average molecular weight is 247 g/mol. The van der Waals surface area contributed by atoms with Crippen molar-refractivity contribution >= 4 is 5.91 Å². The van der Waals surface area contributed by atoms with Crippen molar-refractivity contribution in [2.45, 2.75) is 19.1 Å². The molecule has 1 aromatic carbocycles. The van der Waals surface area contributed by atoms with Gasteiger partial charge in [-0.15, -0.1) is 0 Å². The van der Waals surface area contributed by atoms with Gasteiger partial charge in [0, 0.05) is 13.1 Å². The molecule has 1 saturated heterocycles. The summed E-state index contributed by atoms with van der Waals surface area (Å²) in [5.74, 6) is 0.186. The van der Waals surface area contributed by atoms with Crippen LogP contribution in [0.25, 0.3) is 0 Å². The zero-order chi connectivity index (χ0) is 13.1. The van der Waals surface area contributed by atoms with Gasteiger partial charge in [-0.05, 0) is 26.6 Å². The summed E-state index contributed by atoms with van der Waals surface area (Å²) in [7, 11) is 4.05. The Hall–Kier alpha value is -1.39. The van der Waals surface area contributed by atoms with Crippen molar-refractivity contribution in [3.05, 3.63) is 35.9 Å². The van der Waals surface area contributed by atoms with E-state index in [2.05, 4.69) is 22.3 Å². The lowest BCUT2D eigenvalue weighted by molar-refractivity contribution is -0.130. The van der Waals surface area contributed by atoms with Gasteiger partial charge in [-0.2, -0.15) is 0 Å². The number of hydrogen-bond donors (Lipinski definition) is 1. The number of carbonyl (C=O) groups excluding carboxylic acids is 1. The van der Waals surface area contributed by atoms with E-state index >= 15 is 0 Å². The highest BCUT2D eigenvalue weighted by atomic mass is 16.2. The lowest BCUT2D eigenvalue weighted by Gasteiger charge is -2.26. The zero-order valence-electron chi connectivity index (χ0n) is 11.3. The lowest BCUT2D eigenvalue weighted by Crippen LogP contribution is -2.36. The summed E-state index contributed by atoms with van der Waals surface area (Å²) in [6.45, 7) is 3.56. The molecule has 1 aliphatic rings. The molecule has 1 N–H and O–H groups in total. The third-order valence-corrected chi connectivity index (χ3v) is 3.28. The van der Waals surface area contributed by atoms with Crippen molar-refractivity contribution in [2.24, 2.45) is 0 Å². The van der Waals surface area contributed by atoms with Crippen molar-refractivity contribution in [3.63, 3.8) is 0 Å². The predicted octanol–water partition coefficient (Wildman–Crippen LogP) is 1.07. The summed E-state index contributed by atoms with van der Waals surface area (Å²) in [6, 6.07) is 10.0. The van der Waals surface area contributed by atoms with Gasteiger partial charge >= 0.3 is 0 Å². The first-order valence-electron chi connectivity index (χ1n) is 6.36. The van der Waals surface area contributed by atoms with E-state index < -0.39 is 0 Å². The fraction of sp³-hybridized carbons (Fsp3) is 0.500. The monoisotopic (exact) mass is 247 g/mol. The minimum Gasteiger partial charge on any atom is -0.320 e. The molecule has 4 nitrogen and oxygen atoms in total. The highest BCUT2D eigenvalue weighted by molar-refractivity contribution is 5.84. The largest absolute Gasteiger partial charge is 0.320 e. The molecule has 0 spiro atoms. The Kier molecular flexibility index (Phi) is 3.99. The van der Waals surface area contributed by atoms with E-state index in [1.165, 1.54) is 0 Å². The molecule has 2 rings (SSSR count). The van der Waals surface area contributed by atoms with Crippen LogP contribution in [-0.2, 0) is 4.79 Å². The average Bonchev–Trinajstić information content (AvgIpc) is 2.64. The third-order valence-electron chi connectivity index (χ3n) is 3.28. The van der Waals surface area contributed by atoms with Crippen molar-refractivity contribution in [2.75, 3.05) is 27.2 Å². The second-order valence-electron chi connectivity index (χ2n) is 5.04. The van der Waals surface area contributed by atoms with Crippen LogP contribution in [0.2, 0.25) is 0 Å². The first-order chi connectivity index (χ1) is 8.59. The van der Waals surface area contributed by atoms with E-state index in [0.29, 0.717) is 0 Å². The molecule has 4 heteroatoms. The van der Waals surface area contributed by atoms with Crippen molar-refractivity contribution in [3.8, 4) is 0 Å². The van der Waals surface area contributed by atoms with E-state index in [1.807, 2.05) is 44.1 Å². The summed E-state index contributed by atoms with van der Waals surface area (Å²) in [4.78, 5) is 16.2. The van der Waals surface area contributed by atoms with Gasteiger partial charge in [0.05, 0.1) is 6.04 Å². The summed E-state index contributed by atoms with van der Waals surface area (Å²) in [6.07, 6.45) is 0.00801. The van der Waals surface area contributed by atoms with Crippen molar-refractivity contribution in [1.29, 1.82) is 0 Å². The van der Waals surface area contributed by atoms with Gasteiger partial charge in [0.25, 0.3) is 0 Å². The minimum absolute atomic E-state index is 0.00801. The van der Waals surface area contributed by atoms with Crippen LogP contribution in [0, 0.1) is 0 Å². The Morgan fingerprint density at radius 1 is 1.28 bits per heavy atom. The molecule has 0 saturated carbocycles. The molecule has 0 radical (unpaired) electrons. The molecule has 98 valence electrons. The van der Waals surface area contributed by atoms with Crippen LogP contribution >= 0.6 is 0 Å².